The molecule has 1 N–H and O–H groups in total. The third kappa shape index (κ3) is 1.61. The highest BCUT2D eigenvalue weighted by atomic mass is 16.5. The number of pyridine rings is 1. The fourth-order valence-electron chi connectivity index (χ4n) is 2.88. The lowest BCUT2D eigenvalue weighted by Crippen LogP contribution is -2.05. The molecule has 0 bridgehead atoms. The fourth-order valence-corrected chi connectivity index (χ4v) is 2.88. The highest BCUT2D eigenvalue weighted by Gasteiger charge is 2.24. The Balaban J connectivity index is 1.98. The summed E-state index contributed by atoms with van der Waals surface area (Å²) >= 11 is 0. The molecule has 3 heterocycles. The van der Waals surface area contributed by atoms with E-state index in [0.29, 0.717) is 0 Å². The second-order valence-electron chi connectivity index (χ2n) is 5.36. The zero-order chi connectivity index (χ0) is 13.7. The highest BCUT2D eigenvalue weighted by molar-refractivity contribution is 5.91. The molecule has 0 aliphatic carbocycles. The summed E-state index contributed by atoms with van der Waals surface area (Å²) in [7, 11) is 0. The van der Waals surface area contributed by atoms with E-state index in [2.05, 4.69) is 42.2 Å². The summed E-state index contributed by atoms with van der Waals surface area (Å²) in [5, 5.41) is 7.94. The quantitative estimate of drug-likeness (QED) is 0.734. The summed E-state index contributed by atoms with van der Waals surface area (Å²) in [6.45, 7) is 4.16. The molecule has 4 nitrogen and oxygen atoms in total. The molecule has 2 aromatic heterocycles. The van der Waals surface area contributed by atoms with Crippen molar-refractivity contribution in [2.24, 2.45) is 0 Å². The first-order valence-electron chi connectivity index (χ1n) is 6.81. The molecule has 0 spiro atoms. The van der Waals surface area contributed by atoms with Crippen molar-refractivity contribution in [2.75, 3.05) is 0 Å². The van der Waals surface area contributed by atoms with Crippen molar-refractivity contribution < 1.29 is 4.74 Å². The fraction of sp³-hybridized carbons (Fsp3) is 0.250. The lowest BCUT2D eigenvalue weighted by molar-refractivity contribution is 0.257. The molecule has 20 heavy (non-hydrogen) atoms. The standard InChI is InChI=1S/C16H15N3O/c1-9-5-13-10(2)19-15-4-3-11(12-7-17-18-8-12)6-14(15)16(13)20-9/h3-4,6-9H,5H2,1-2H3,(H,17,18)/t9-/m0/s1. The van der Waals surface area contributed by atoms with Gasteiger partial charge in [0.15, 0.2) is 0 Å². The summed E-state index contributed by atoms with van der Waals surface area (Å²) in [6.07, 6.45) is 4.90. The molecule has 1 aliphatic rings. The third-order valence-corrected chi connectivity index (χ3v) is 3.88. The van der Waals surface area contributed by atoms with Gasteiger partial charge in [-0.2, -0.15) is 5.10 Å². The molecule has 1 aromatic carbocycles. The van der Waals surface area contributed by atoms with Gasteiger partial charge in [-0.15, -0.1) is 0 Å². The van der Waals surface area contributed by atoms with Gasteiger partial charge in [0.25, 0.3) is 0 Å². The Morgan fingerprint density at radius 1 is 1.30 bits per heavy atom. The average Bonchev–Trinajstić information content (AvgIpc) is 3.07. The van der Waals surface area contributed by atoms with Crippen molar-refractivity contribution in [3.63, 3.8) is 0 Å². The number of hydrogen-bond donors (Lipinski definition) is 1. The highest BCUT2D eigenvalue weighted by Crippen LogP contribution is 2.38. The van der Waals surface area contributed by atoms with E-state index in [-0.39, 0.29) is 6.10 Å². The largest absolute Gasteiger partial charge is 0.489 e. The summed E-state index contributed by atoms with van der Waals surface area (Å²) in [6, 6.07) is 6.27. The van der Waals surface area contributed by atoms with E-state index in [9.17, 15) is 0 Å². The minimum Gasteiger partial charge on any atom is -0.489 e. The van der Waals surface area contributed by atoms with Crippen molar-refractivity contribution in [3.8, 4) is 16.9 Å². The Morgan fingerprint density at radius 2 is 2.20 bits per heavy atom. The maximum absolute atomic E-state index is 6.01. The number of benzene rings is 1. The lowest BCUT2D eigenvalue weighted by atomic mass is 10.0. The minimum atomic E-state index is 0.230. The number of aryl methyl sites for hydroxylation is 1. The van der Waals surface area contributed by atoms with Gasteiger partial charge in [-0.25, -0.2) is 0 Å². The third-order valence-electron chi connectivity index (χ3n) is 3.88. The first-order valence-corrected chi connectivity index (χ1v) is 6.81. The minimum absolute atomic E-state index is 0.230. The average molecular weight is 265 g/mol. The number of aromatic nitrogens is 3. The van der Waals surface area contributed by atoms with Gasteiger partial charge in [-0.3, -0.25) is 10.1 Å². The zero-order valence-corrected chi connectivity index (χ0v) is 11.5. The maximum Gasteiger partial charge on any atom is 0.134 e. The van der Waals surface area contributed by atoms with Crippen LogP contribution in [0.25, 0.3) is 22.0 Å². The van der Waals surface area contributed by atoms with Crippen molar-refractivity contribution in [1.29, 1.82) is 0 Å². The second kappa shape index (κ2) is 4.07. The van der Waals surface area contributed by atoms with Gasteiger partial charge in [-0.1, -0.05) is 6.07 Å². The molecule has 3 aromatic rings. The van der Waals surface area contributed by atoms with Crippen LogP contribution < -0.4 is 4.74 Å². The molecule has 0 saturated heterocycles. The van der Waals surface area contributed by atoms with Gasteiger partial charge in [0.1, 0.15) is 11.9 Å². The number of hydrogen-bond acceptors (Lipinski definition) is 3. The van der Waals surface area contributed by atoms with Crippen molar-refractivity contribution >= 4 is 10.9 Å². The van der Waals surface area contributed by atoms with Gasteiger partial charge in [-0.05, 0) is 31.5 Å². The monoisotopic (exact) mass is 265 g/mol. The number of ether oxygens (including phenoxy) is 1. The molecule has 0 fully saturated rings. The molecule has 0 radical (unpaired) electrons. The van der Waals surface area contributed by atoms with Gasteiger partial charge < -0.3 is 4.74 Å². The molecule has 100 valence electrons. The van der Waals surface area contributed by atoms with Crippen molar-refractivity contribution in [1.82, 2.24) is 15.2 Å². The number of H-pyrrole nitrogens is 1. The van der Waals surface area contributed by atoms with Crippen LogP contribution in [0.1, 0.15) is 18.2 Å². The molecular formula is C16H15N3O. The van der Waals surface area contributed by atoms with E-state index in [1.165, 1.54) is 5.56 Å². The molecule has 0 saturated carbocycles. The first-order chi connectivity index (χ1) is 9.72. The second-order valence-corrected chi connectivity index (χ2v) is 5.36. The number of rotatable bonds is 1. The number of nitrogens with zero attached hydrogens (tertiary/aromatic N) is 2. The number of nitrogens with one attached hydrogen (secondary N) is 1. The molecule has 1 atom stereocenters. The Bertz CT molecular complexity index is 793. The van der Waals surface area contributed by atoms with E-state index in [0.717, 1.165) is 39.9 Å². The van der Waals surface area contributed by atoms with Crippen LogP contribution in [0.2, 0.25) is 0 Å². The van der Waals surface area contributed by atoms with Crippen LogP contribution in [0.3, 0.4) is 0 Å². The molecule has 0 amide bonds. The lowest BCUT2D eigenvalue weighted by Gasteiger charge is -2.09. The zero-order valence-electron chi connectivity index (χ0n) is 11.5. The number of aromatic amines is 1. The predicted octanol–water partition coefficient (Wildman–Crippen LogP) is 3.26. The summed E-state index contributed by atoms with van der Waals surface area (Å²) < 4.78 is 6.01. The van der Waals surface area contributed by atoms with Crippen LogP contribution in [0, 0.1) is 6.92 Å². The predicted molar refractivity (Wildman–Crippen MR) is 77.9 cm³/mol. The van der Waals surface area contributed by atoms with Crippen molar-refractivity contribution in [3.05, 3.63) is 41.9 Å². The Hall–Kier alpha value is -2.36. The Kier molecular flexibility index (Phi) is 2.33. The normalized spacial score (nSPS) is 17.2. The Labute approximate surface area is 116 Å². The maximum atomic E-state index is 6.01. The van der Waals surface area contributed by atoms with E-state index >= 15 is 0 Å². The van der Waals surface area contributed by atoms with Crippen LogP contribution in [0.15, 0.2) is 30.6 Å². The van der Waals surface area contributed by atoms with E-state index < -0.39 is 0 Å². The van der Waals surface area contributed by atoms with Crippen LogP contribution in [0.4, 0.5) is 0 Å². The molecule has 4 rings (SSSR count). The molecular weight excluding hydrogens is 250 g/mol. The van der Waals surface area contributed by atoms with Crippen LogP contribution in [-0.4, -0.2) is 21.3 Å². The van der Waals surface area contributed by atoms with Crippen LogP contribution in [-0.2, 0) is 6.42 Å². The van der Waals surface area contributed by atoms with Crippen LogP contribution >= 0.6 is 0 Å². The molecule has 1 aliphatic heterocycles. The topological polar surface area (TPSA) is 50.8 Å². The smallest absolute Gasteiger partial charge is 0.134 e. The Morgan fingerprint density at radius 3 is 3.00 bits per heavy atom. The van der Waals surface area contributed by atoms with E-state index in [1.54, 1.807) is 0 Å². The molecule has 4 heteroatoms. The van der Waals surface area contributed by atoms with Gasteiger partial charge in [0, 0.05) is 34.8 Å². The van der Waals surface area contributed by atoms with Gasteiger partial charge >= 0.3 is 0 Å². The van der Waals surface area contributed by atoms with Gasteiger partial charge in [0.05, 0.1) is 11.7 Å². The summed E-state index contributed by atoms with van der Waals surface area (Å²) in [5.41, 5.74) is 5.51. The van der Waals surface area contributed by atoms with Crippen LogP contribution in [0.5, 0.6) is 5.75 Å². The summed E-state index contributed by atoms with van der Waals surface area (Å²) in [4.78, 5) is 4.70. The summed E-state index contributed by atoms with van der Waals surface area (Å²) in [5.74, 6) is 1.00. The van der Waals surface area contributed by atoms with E-state index in [1.807, 2.05) is 12.4 Å². The van der Waals surface area contributed by atoms with Crippen molar-refractivity contribution in [2.45, 2.75) is 26.4 Å². The molecule has 0 unspecified atom stereocenters. The first kappa shape index (κ1) is 11.5. The van der Waals surface area contributed by atoms with E-state index in [4.69, 9.17) is 9.72 Å². The SMILES string of the molecule is Cc1nc2ccc(-c3cn[nH]c3)cc2c2c1C[C@H](C)O2. The van der Waals surface area contributed by atoms with Gasteiger partial charge in [0.2, 0.25) is 0 Å². The number of fused-ring (bicyclic) bond motifs is 3.